The van der Waals surface area contributed by atoms with Gasteiger partial charge in [-0.15, -0.1) is 0 Å². The molecule has 0 fully saturated rings. The molecule has 0 saturated heterocycles. The smallest absolute Gasteiger partial charge is 0.247 e. The van der Waals surface area contributed by atoms with Gasteiger partial charge in [-0.25, -0.2) is 9.67 Å². The van der Waals surface area contributed by atoms with E-state index in [0.29, 0.717) is 23.0 Å². The average Bonchev–Trinajstić information content (AvgIpc) is 3.32. The molecule has 0 unspecified atom stereocenters. The van der Waals surface area contributed by atoms with Crippen LogP contribution < -0.4 is 5.32 Å². The van der Waals surface area contributed by atoms with E-state index in [1.165, 1.54) is 11.1 Å². The van der Waals surface area contributed by atoms with Gasteiger partial charge in [0.1, 0.15) is 11.6 Å². The van der Waals surface area contributed by atoms with E-state index in [0.717, 1.165) is 27.8 Å². The van der Waals surface area contributed by atoms with E-state index in [9.17, 15) is 4.79 Å². The maximum atomic E-state index is 12.9. The summed E-state index contributed by atoms with van der Waals surface area (Å²) in [7, 11) is 0. The predicted molar refractivity (Wildman–Crippen MR) is 139 cm³/mol. The quantitative estimate of drug-likeness (QED) is 0.342. The van der Waals surface area contributed by atoms with E-state index in [1.54, 1.807) is 21.8 Å². The molecule has 5 aromatic rings. The zero-order chi connectivity index (χ0) is 24.5. The Bertz CT molecular complexity index is 1550. The number of hydrogen-bond acceptors (Lipinski definition) is 4. The Labute approximate surface area is 208 Å². The third-order valence-corrected chi connectivity index (χ3v) is 6.11. The maximum Gasteiger partial charge on any atom is 0.247 e. The molecule has 5 rings (SSSR count). The van der Waals surface area contributed by atoms with Gasteiger partial charge in [-0.2, -0.15) is 10.2 Å². The van der Waals surface area contributed by atoms with Crippen molar-refractivity contribution in [3.8, 4) is 11.1 Å². The first kappa shape index (κ1) is 22.8. The predicted octanol–water partition coefficient (Wildman–Crippen LogP) is 5.56. The highest BCUT2D eigenvalue weighted by Gasteiger charge is 2.17. The number of carbonyl (C=O) groups excluding carboxylic acids is 1. The summed E-state index contributed by atoms with van der Waals surface area (Å²) < 4.78 is 3.34. The number of nitrogens with zero attached hydrogens (tertiary/aromatic N) is 5. The molecule has 7 nitrogen and oxygen atoms in total. The van der Waals surface area contributed by atoms with E-state index in [-0.39, 0.29) is 12.5 Å². The van der Waals surface area contributed by atoms with Gasteiger partial charge in [-0.1, -0.05) is 71.3 Å². The van der Waals surface area contributed by atoms with Gasteiger partial charge in [0.15, 0.2) is 11.5 Å². The monoisotopic (exact) mass is 484 g/mol. The first-order valence-corrected chi connectivity index (χ1v) is 11.7. The highest BCUT2D eigenvalue weighted by Crippen LogP contribution is 2.30. The molecule has 8 heteroatoms. The number of pyridine rings is 1. The first-order valence-electron chi connectivity index (χ1n) is 11.3. The van der Waals surface area contributed by atoms with Gasteiger partial charge in [0.2, 0.25) is 5.91 Å². The Morgan fingerprint density at radius 2 is 1.77 bits per heavy atom. The zero-order valence-corrected chi connectivity index (χ0v) is 20.5. The van der Waals surface area contributed by atoms with Crippen molar-refractivity contribution in [2.24, 2.45) is 0 Å². The highest BCUT2D eigenvalue weighted by molar-refractivity contribution is 6.33. The number of benzene rings is 2. The number of anilines is 1. The SMILES string of the molecule is Cc1cccc(Cn2cc(Cl)c(NC(=O)Cn3nc(C)c4c(-c5cccc(C)c5)ccnc43)n2)c1. The molecule has 35 heavy (non-hydrogen) atoms. The van der Waals surface area contributed by atoms with Crippen molar-refractivity contribution in [3.05, 3.63) is 94.4 Å². The fraction of sp³-hybridized carbons (Fsp3) is 0.185. The molecule has 3 aromatic heterocycles. The number of carbonyl (C=O) groups is 1. The van der Waals surface area contributed by atoms with Crippen LogP contribution in [0.5, 0.6) is 0 Å². The standard InChI is InChI=1S/C27H25ClN6O/c1-17-6-4-8-20(12-17)14-33-15-23(28)26(32-33)30-24(35)16-34-27-25(19(3)31-34)22(10-11-29-27)21-9-5-7-18(2)13-21/h4-13,15H,14,16H2,1-3H3,(H,30,32,35). The molecular weight excluding hydrogens is 460 g/mol. The number of fused-ring (bicyclic) bond motifs is 1. The van der Waals surface area contributed by atoms with Crippen LogP contribution in [0.2, 0.25) is 5.02 Å². The van der Waals surface area contributed by atoms with E-state index in [4.69, 9.17) is 11.6 Å². The number of aromatic nitrogens is 5. The lowest BCUT2D eigenvalue weighted by atomic mass is 10.0. The van der Waals surface area contributed by atoms with Crippen molar-refractivity contribution >= 4 is 34.4 Å². The third kappa shape index (κ3) is 4.81. The molecule has 0 spiro atoms. The zero-order valence-electron chi connectivity index (χ0n) is 19.8. The minimum atomic E-state index is -0.278. The minimum Gasteiger partial charge on any atom is -0.306 e. The Balaban J connectivity index is 1.36. The number of aryl methyl sites for hydroxylation is 3. The van der Waals surface area contributed by atoms with Gasteiger partial charge in [-0.3, -0.25) is 9.48 Å². The van der Waals surface area contributed by atoms with Crippen molar-refractivity contribution < 1.29 is 4.79 Å². The fourth-order valence-electron chi connectivity index (χ4n) is 4.31. The maximum absolute atomic E-state index is 12.9. The molecular formula is C27H25ClN6O. The van der Waals surface area contributed by atoms with Crippen molar-refractivity contribution in [2.75, 3.05) is 5.32 Å². The Morgan fingerprint density at radius 1 is 1.00 bits per heavy atom. The van der Waals surface area contributed by atoms with Gasteiger partial charge < -0.3 is 5.32 Å². The van der Waals surface area contributed by atoms with E-state index >= 15 is 0 Å². The molecule has 3 heterocycles. The van der Waals surface area contributed by atoms with Crippen LogP contribution in [0.25, 0.3) is 22.2 Å². The first-order chi connectivity index (χ1) is 16.9. The normalized spacial score (nSPS) is 11.2. The lowest BCUT2D eigenvalue weighted by Crippen LogP contribution is -2.20. The number of hydrogen-bond donors (Lipinski definition) is 1. The highest BCUT2D eigenvalue weighted by atomic mass is 35.5. The van der Waals surface area contributed by atoms with Crippen LogP contribution in [-0.4, -0.2) is 30.5 Å². The minimum absolute atomic E-state index is 0.00429. The molecule has 0 radical (unpaired) electrons. The lowest BCUT2D eigenvalue weighted by molar-refractivity contribution is -0.116. The summed E-state index contributed by atoms with van der Waals surface area (Å²) in [5.74, 6) is 0.0470. The third-order valence-electron chi connectivity index (χ3n) is 5.83. The van der Waals surface area contributed by atoms with E-state index in [1.807, 2.05) is 44.2 Å². The van der Waals surface area contributed by atoms with Gasteiger partial charge in [-0.05, 0) is 43.5 Å². The van der Waals surface area contributed by atoms with Crippen LogP contribution in [0.3, 0.4) is 0 Å². The second-order valence-electron chi connectivity index (χ2n) is 8.73. The van der Waals surface area contributed by atoms with Crippen molar-refractivity contribution in [3.63, 3.8) is 0 Å². The summed E-state index contributed by atoms with van der Waals surface area (Å²) in [6.45, 7) is 6.60. The lowest BCUT2D eigenvalue weighted by Gasteiger charge is -2.07. The summed E-state index contributed by atoms with van der Waals surface area (Å²) in [5, 5.41) is 13.2. The molecule has 0 aliphatic heterocycles. The van der Waals surface area contributed by atoms with E-state index < -0.39 is 0 Å². The Hall–Kier alpha value is -3.97. The number of halogens is 1. The van der Waals surface area contributed by atoms with E-state index in [2.05, 4.69) is 51.7 Å². The van der Waals surface area contributed by atoms with Gasteiger partial charge >= 0.3 is 0 Å². The summed E-state index contributed by atoms with van der Waals surface area (Å²) >= 11 is 6.36. The fourth-order valence-corrected chi connectivity index (χ4v) is 4.51. The van der Waals surface area contributed by atoms with Gasteiger partial charge in [0.25, 0.3) is 0 Å². The average molecular weight is 485 g/mol. The second kappa shape index (κ2) is 9.35. The van der Waals surface area contributed by atoms with Crippen molar-refractivity contribution in [1.82, 2.24) is 24.5 Å². The molecule has 2 aromatic carbocycles. The largest absolute Gasteiger partial charge is 0.306 e. The Morgan fingerprint density at radius 3 is 2.54 bits per heavy atom. The van der Waals surface area contributed by atoms with Crippen LogP contribution in [0.4, 0.5) is 5.82 Å². The van der Waals surface area contributed by atoms with Crippen LogP contribution in [-0.2, 0) is 17.9 Å². The number of nitrogens with one attached hydrogen (secondary N) is 1. The molecule has 0 aliphatic carbocycles. The number of rotatable bonds is 6. The van der Waals surface area contributed by atoms with Crippen molar-refractivity contribution in [1.29, 1.82) is 0 Å². The van der Waals surface area contributed by atoms with Crippen LogP contribution >= 0.6 is 11.6 Å². The molecule has 0 bridgehead atoms. The molecule has 0 saturated carbocycles. The molecule has 1 N–H and O–H groups in total. The summed E-state index contributed by atoms with van der Waals surface area (Å²) in [6.07, 6.45) is 3.46. The number of amides is 1. The van der Waals surface area contributed by atoms with Crippen molar-refractivity contribution in [2.45, 2.75) is 33.9 Å². The van der Waals surface area contributed by atoms with Crippen LogP contribution in [0, 0.1) is 20.8 Å². The van der Waals surface area contributed by atoms with Crippen LogP contribution in [0.1, 0.15) is 22.4 Å². The summed E-state index contributed by atoms with van der Waals surface area (Å²) in [6, 6.07) is 18.5. The van der Waals surface area contributed by atoms with Gasteiger partial charge in [0, 0.05) is 17.8 Å². The Kier molecular flexibility index (Phi) is 6.09. The second-order valence-corrected chi connectivity index (χ2v) is 9.14. The molecule has 1 amide bonds. The van der Waals surface area contributed by atoms with Crippen LogP contribution in [0.15, 0.2) is 67.0 Å². The topological polar surface area (TPSA) is 77.6 Å². The summed E-state index contributed by atoms with van der Waals surface area (Å²) in [5.41, 5.74) is 7.07. The van der Waals surface area contributed by atoms with Gasteiger partial charge in [0.05, 0.1) is 12.2 Å². The molecule has 0 aliphatic rings. The molecule has 0 atom stereocenters. The summed E-state index contributed by atoms with van der Waals surface area (Å²) in [4.78, 5) is 17.4. The molecule has 176 valence electrons.